The minimum absolute atomic E-state index is 0.442. The zero-order valence-corrected chi connectivity index (χ0v) is 12.1. The Bertz CT molecular complexity index is 751. The second-order valence-electron chi connectivity index (χ2n) is 4.39. The number of halogens is 2. The largest absolute Gasteiger partial charge is 0.334 e. The molecule has 2 aromatic carbocycles. The molecule has 0 fully saturated rings. The molecule has 0 radical (unpaired) electrons. The van der Waals surface area contributed by atoms with Crippen molar-refractivity contribution in [2.24, 2.45) is 0 Å². The van der Waals surface area contributed by atoms with Crippen molar-refractivity contribution in [1.29, 1.82) is 0 Å². The van der Waals surface area contributed by atoms with Gasteiger partial charge in [0.2, 0.25) is 5.82 Å². The quantitative estimate of drug-likeness (QED) is 0.667. The minimum Gasteiger partial charge on any atom is -0.334 e. The van der Waals surface area contributed by atoms with Crippen LogP contribution in [0.4, 0.5) is 0 Å². The summed E-state index contributed by atoms with van der Waals surface area (Å²) in [5, 5.41) is 5.32. The normalized spacial score (nSPS) is 10.8. The van der Waals surface area contributed by atoms with Crippen molar-refractivity contribution in [3.63, 3.8) is 0 Å². The molecule has 3 aromatic rings. The van der Waals surface area contributed by atoms with Crippen LogP contribution in [0.15, 0.2) is 47.0 Å². The van der Waals surface area contributed by atoms with Gasteiger partial charge in [0.1, 0.15) is 0 Å². The Morgan fingerprint density at radius 1 is 0.950 bits per heavy atom. The SMILES string of the molecule is Cc1ccc(-c2nc(-c3ccc(Cl)cc3)no2)cc1Cl. The number of nitrogens with zero attached hydrogens (tertiary/aromatic N) is 2. The molecule has 3 nitrogen and oxygen atoms in total. The van der Waals surface area contributed by atoms with Crippen LogP contribution in [-0.2, 0) is 0 Å². The topological polar surface area (TPSA) is 38.9 Å². The van der Waals surface area contributed by atoms with Gasteiger partial charge in [-0.2, -0.15) is 4.98 Å². The van der Waals surface area contributed by atoms with Gasteiger partial charge >= 0.3 is 0 Å². The molecule has 0 atom stereocenters. The van der Waals surface area contributed by atoms with E-state index in [0.717, 1.165) is 16.7 Å². The predicted molar refractivity (Wildman–Crippen MR) is 79.9 cm³/mol. The summed E-state index contributed by atoms with van der Waals surface area (Å²) in [6.07, 6.45) is 0. The Kier molecular flexibility index (Phi) is 3.47. The molecule has 1 heterocycles. The average molecular weight is 305 g/mol. The number of rotatable bonds is 2. The molecular weight excluding hydrogens is 295 g/mol. The van der Waals surface area contributed by atoms with Crippen LogP contribution in [0.2, 0.25) is 10.0 Å². The Balaban J connectivity index is 1.97. The van der Waals surface area contributed by atoms with Crippen LogP contribution < -0.4 is 0 Å². The van der Waals surface area contributed by atoms with Gasteiger partial charge in [-0.3, -0.25) is 0 Å². The number of aryl methyl sites for hydroxylation is 1. The maximum Gasteiger partial charge on any atom is 0.258 e. The maximum absolute atomic E-state index is 6.10. The molecular formula is C15H10Cl2N2O. The van der Waals surface area contributed by atoms with Crippen LogP contribution in [-0.4, -0.2) is 10.1 Å². The summed E-state index contributed by atoms with van der Waals surface area (Å²) in [7, 11) is 0. The van der Waals surface area contributed by atoms with E-state index in [-0.39, 0.29) is 0 Å². The first-order chi connectivity index (χ1) is 9.63. The smallest absolute Gasteiger partial charge is 0.258 e. The fourth-order valence-corrected chi connectivity index (χ4v) is 2.09. The van der Waals surface area contributed by atoms with E-state index in [9.17, 15) is 0 Å². The average Bonchev–Trinajstić information content (AvgIpc) is 2.92. The van der Waals surface area contributed by atoms with Crippen molar-refractivity contribution in [3.05, 3.63) is 58.1 Å². The lowest BCUT2D eigenvalue weighted by Crippen LogP contribution is -1.82. The van der Waals surface area contributed by atoms with Gasteiger partial charge < -0.3 is 4.52 Å². The zero-order valence-electron chi connectivity index (χ0n) is 10.6. The molecule has 20 heavy (non-hydrogen) atoms. The Morgan fingerprint density at radius 2 is 1.65 bits per heavy atom. The molecule has 0 unspecified atom stereocenters. The lowest BCUT2D eigenvalue weighted by atomic mass is 10.1. The lowest BCUT2D eigenvalue weighted by molar-refractivity contribution is 0.432. The minimum atomic E-state index is 0.442. The third-order valence-corrected chi connectivity index (χ3v) is 3.61. The maximum atomic E-state index is 6.10. The third kappa shape index (κ3) is 2.55. The highest BCUT2D eigenvalue weighted by Crippen LogP contribution is 2.26. The molecule has 1 aromatic heterocycles. The molecule has 0 spiro atoms. The van der Waals surface area contributed by atoms with E-state index in [1.54, 1.807) is 12.1 Å². The van der Waals surface area contributed by atoms with Crippen LogP contribution in [0.5, 0.6) is 0 Å². The Morgan fingerprint density at radius 3 is 2.35 bits per heavy atom. The van der Waals surface area contributed by atoms with Gasteiger partial charge in [-0.25, -0.2) is 0 Å². The van der Waals surface area contributed by atoms with Gasteiger partial charge in [0, 0.05) is 21.2 Å². The third-order valence-electron chi connectivity index (χ3n) is 2.95. The van der Waals surface area contributed by atoms with Crippen LogP contribution >= 0.6 is 23.2 Å². The predicted octanol–water partition coefficient (Wildman–Crippen LogP) is 5.02. The fraction of sp³-hybridized carbons (Fsp3) is 0.0667. The second-order valence-corrected chi connectivity index (χ2v) is 5.24. The summed E-state index contributed by atoms with van der Waals surface area (Å²) >= 11 is 12.0. The molecule has 0 aliphatic carbocycles. The molecule has 0 N–H and O–H groups in total. The molecule has 0 saturated carbocycles. The van der Waals surface area contributed by atoms with E-state index in [0.29, 0.717) is 21.8 Å². The van der Waals surface area contributed by atoms with E-state index < -0.39 is 0 Å². The molecule has 0 aliphatic heterocycles. The van der Waals surface area contributed by atoms with Crippen molar-refractivity contribution in [3.8, 4) is 22.8 Å². The number of aromatic nitrogens is 2. The van der Waals surface area contributed by atoms with Gasteiger partial charge in [-0.15, -0.1) is 0 Å². The van der Waals surface area contributed by atoms with Gasteiger partial charge in [-0.05, 0) is 48.9 Å². The molecule has 0 saturated heterocycles. The second kappa shape index (κ2) is 5.27. The van der Waals surface area contributed by atoms with Crippen LogP contribution in [0, 0.1) is 6.92 Å². The van der Waals surface area contributed by atoms with E-state index in [2.05, 4.69) is 10.1 Å². The summed E-state index contributed by atoms with van der Waals surface area (Å²) < 4.78 is 5.28. The highest BCUT2D eigenvalue weighted by molar-refractivity contribution is 6.31. The van der Waals surface area contributed by atoms with Crippen molar-refractivity contribution >= 4 is 23.2 Å². The highest BCUT2D eigenvalue weighted by atomic mass is 35.5. The zero-order chi connectivity index (χ0) is 14.1. The van der Waals surface area contributed by atoms with Crippen molar-refractivity contribution in [1.82, 2.24) is 10.1 Å². The van der Waals surface area contributed by atoms with Crippen molar-refractivity contribution < 1.29 is 4.52 Å². The molecule has 3 rings (SSSR count). The first-order valence-electron chi connectivity index (χ1n) is 5.99. The lowest BCUT2D eigenvalue weighted by Gasteiger charge is -1.98. The number of hydrogen-bond donors (Lipinski definition) is 0. The standard InChI is InChI=1S/C15H10Cl2N2O/c1-9-2-3-11(8-13(9)17)15-18-14(19-20-15)10-4-6-12(16)7-5-10/h2-8H,1H3. The van der Waals surface area contributed by atoms with E-state index in [1.165, 1.54) is 0 Å². The molecule has 100 valence electrons. The molecule has 0 amide bonds. The summed E-state index contributed by atoms with van der Waals surface area (Å²) in [6.45, 7) is 1.94. The number of benzene rings is 2. The molecule has 0 aliphatic rings. The first kappa shape index (κ1) is 13.2. The molecule has 5 heteroatoms. The van der Waals surface area contributed by atoms with Crippen LogP contribution in [0.25, 0.3) is 22.8 Å². The monoisotopic (exact) mass is 304 g/mol. The Labute approximate surface area is 126 Å². The Hall–Kier alpha value is -1.84. The van der Waals surface area contributed by atoms with Crippen molar-refractivity contribution in [2.75, 3.05) is 0 Å². The summed E-state index contributed by atoms with van der Waals surface area (Å²) in [4.78, 5) is 4.37. The van der Waals surface area contributed by atoms with E-state index >= 15 is 0 Å². The first-order valence-corrected chi connectivity index (χ1v) is 6.75. The molecule has 0 bridgehead atoms. The van der Waals surface area contributed by atoms with E-state index in [4.69, 9.17) is 27.7 Å². The van der Waals surface area contributed by atoms with Gasteiger partial charge in [0.05, 0.1) is 0 Å². The van der Waals surface area contributed by atoms with Crippen LogP contribution in [0.1, 0.15) is 5.56 Å². The van der Waals surface area contributed by atoms with Gasteiger partial charge in [-0.1, -0.05) is 34.4 Å². The van der Waals surface area contributed by atoms with Crippen molar-refractivity contribution in [2.45, 2.75) is 6.92 Å². The highest BCUT2D eigenvalue weighted by Gasteiger charge is 2.11. The summed E-state index contributed by atoms with van der Waals surface area (Å²) in [5.74, 6) is 0.963. The summed E-state index contributed by atoms with van der Waals surface area (Å²) in [5.41, 5.74) is 2.66. The van der Waals surface area contributed by atoms with E-state index in [1.807, 2.05) is 37.3 Å². The fourth-order valence-electron chi connectivity index (χ4n) is 1.78. The van der Waals surface area contributed by atoms with Crippen LogP contribution in [0.3, 0.4) is 0 Å². The van der Waals surface area contributed by atoms with Gasteiger partial charge in [0.15, 0.2) is 0 Å². The van der Waals surface area contributed by atoms with Gasteiger partial charge in [0.25, 0.3) is 5.89 Å². The number of hydrogen-bond acceptors (Lipinski definition) is 3. The summed E-state index contributed by atoms with van der Waals surface area (Å²) in [6, 6.07) is 12.9.